The van der Waals surface area contributed by atoms with E-state index in [4.69, 9.17) is 4.42 Å². The fraction of sp³-hybridized carbons (Fsp3) is 0.692. The highest BCUT2D eigenvalue weighted by atomic mass is 32.2. The Bertz CT molecular complexity index is 497. The summed E-state index contributed by atoms with van der Waals surface area (Å²) >= 11 is 0. The Morgan fingerprint density at radius 1 is 1.22 bits per heavy atom. The predicted octanol–water partition coefficient (Wildman–Crippen LogP) is 1.81. The lowest BCUT2D eigenvalue weighted by molar-refractivity contribution is 0.254. The highest BCUT2D eigenvalue weighted by molar-refractivity contribution is 7.91. The molecular weight excluding hydrogens is 250 g/mol. The van der Waals surface area contributed by atoms with Crippen molar-refractivity contribution in [3.05, 3.63) is 23.7 Å². The first kappa shape index (κ1) is 13.6. The average molecular weight is 271 g/mol. The van der Waals surface area contributed by atoms with E-state index in [-0.39, 0.29) is 16.9 Å². The van der Waals surface area contributed by atoms with E-state index >= 15 is 0 Å². The van der Waals surface area contributed by atoms with Crippen molar-refractivity contribution >= 4 is 9.84 Å². The molecule has 0 saturated carbocycles. The molecule has 0 amide bonds. The van der Waals surface area contributed by atoms with Crippen molar-refractivity contribution in [3.63, 3.8) is 0 Å². The molecule has 1 saturated heterocycles. The minimum absolute atomic E-state index is 0.0173. The van der Waals surface area contributed by atoms with Gasteiger partial charge in [-0.1, -0.05) is 20.8 Å². The van der Waals surface area contributed by atoms with Crippen LogP contribution in [0.3, 0.4) is 0 Å². The highest BCUT2D eigenvalue weighted by Crippen LogP contribution is 2.25. The quantitative estimate of drug-likeness (QED) is 0.823. The Morgan fingerprint density at radius 3 is 2.33 bits per heavy atom. The second kappa shape index (κ2) is 4.70. The molecule has 2 rings (SSSR count). The molecule has 0 N–H and O–H groups in total. The molecule has 0 radical (unpaired) electrons. The summed E-state index contributed by atoms with van der Waals surface area (Å²) in [5, 5.41) is 0. The van der Waals surface area contributed by atoms with Gasteiger partial charge in [-0.15, -0.1) is 0 Å². The third-order valence-corrected chi connectivity index (χ3v) is 4.83. The largest absolute Gasteiger partial charge is 0.464 e. The summed E-state index contributed by atoms with van der Waals surface area (Å²) in [6.45, 7) is 8.25. The zero-order valence-electron chi connectivity index (χ0n) is 11.3. The van der Waals surface area contributed by atoms with E-state index in [1.165, 1.54) is 0 Å². The monoisotopic (exact) mass is 271 g/mol. The van der Waals surface area contributed by atoms with Gasteiger partial charge in [0.2, 0.25) is 0 Å². The van der Waals surface area contributed by atoms with Gasteiger partial charge in [0.1, 0.15) is 11.5 Å². The van der Waals surface area contributed by atoms with Crippen LogP contribution in [0.25, 0.3) is 0 Å². The molecule has 0 aromatic carbocycles. The van der Waals surface area contributed by atoms with Crippen molar-refractivity contribution in [1.82, 2.24) is 4.90 Å². The minimum Gasteiger partial charge on any atom is -0.464 e. The molecule has 18 heavy (non-hydrogen) atoms. The van der Waals surface area contributed by atoms with Gasteiger partial charge in [-0.2, -0.15) is 0 Å². The second-order valence-corrected chi connectivity index (χ2v) is 8.25. The van der Waals surface area contributed by atoms with Gasteiger partial charge in [0.25, 0.3) is 0 Å². The van der Waals surface area contributed by atoms with Gasteiger partial charge in [-0.25, -0.2) is 8.42 Å². The topological polar surface area (TPSA) is 50.5 Å². The Hall–Kier alpha value is -0.810. The van der Waals surface area contributed by atoms with Gasteiger partial charge in [0, 0.05) is 18.5 Å². The average Bonchev–Trinajstić information content (AvgIpc) is 2.69. The molecule has 1 aliphatic rings. The summed E-state index contributed by atoms with van der Waals surface area (Å²) < 4.78 is 28.5. The summed E-state index contributed by atoms with van der Waals surface area (Å²) in [6, 6.07) is 4.00. The summed E-state index contributed by atoms with van der Waals surface area (Å²) in [6.07, 6.45) is 0. The second-order valence-electron chi connectivity index (χ2n) is 5.94. The van der Waals surface area contributed by atoms with Gasteiger partial charge < -0.3 is 4.42 Å². The van der Waals surface area contributed by atoms with Crippen LogP contribution in [0.2, 0.25) is 0 Å². The fourth-order valence-corrected chi connectivity index (χ4v) is 3.27. The van der Waals surface area contributed by atoms with Gasteiger partial charge in [-0.05, 0) is 12.1 Å². The van der Waals surface area contributed by atoms with Crippen LogP contribution < -0.4 is 0 Å². The minimum atomic E-state index is -2.80. The van der Waals surface area contributed by atoms with Crippen LogP contribution in [0.15, 0.2) is 16.5 Å². The Kier molecular flexibility index (Phi) is 3.56. The number of rotatable bonds is 2. The zero-order chi connectivity index (χ0) is 13.4. The van der Waals surface area contributed by atoms with E-state index in [9.17, 15) is 8.42 Å². The lowest BCUT2D eigenvalue weighted by Crippen LogP contribution is -2.39. The highest BCUT2D eigenvalue weighted by Gasteiger charge is 2.23. The predicted molar refractivity (Wildman–Crippen MR) is 71.3 cm³/mol. The van der Waals surface area contributed by atoms with E-state index in [0.29, 0.717) is 19.6 Å². The lowest BCUT2D eigenvalue weighted by atomic mass is 9.94. The zero-order valence-corrected chi connectivity index (χ0v) is 12.1. The molecular formula is C13H21NO3S. The number of furan rings is 1. The Balaban J connectivity index is 1.97. The fourth-order valence-electron chi connectivity index (χ4n) is 1.99. The van der Waals surface area contributed by atoms with E-state index in [0.717, 1.165) is 11.5 Å². The summed E-state index contributed by atoms with van der Waals surface area (Å²) in [5.74, 6) is 2.42. The SMILES string of the molecule is CC(C)(C)c1ccc(CN2CCS(=O)(=O)CC2)o1. The standard InChI is InChI=1S/C13H21NO3S/c1-13(2,3)12-5-4-11(17-12)10-14-6-8-18(15,16)9-7-14/h4-5H,6-10H2,1-3H3. The third kappa shape index (κ3) is 3.36. The molecule has 102 valence electrons. The Labute approximate surface area is 109 Å². The van der Waals surface area contributed by atoms with Crippen LogP contribution in [0.4, 0.5) is 0 Å². The van der Waals surface area contributed by atoms with Crippen molar-refractivity contribution in [2.75, 3.05) is 24.6 Å². The van der Waals surface area contributed by atoms with Crippen LogP contribution in [0.1, 0.15) is 32.3 Å². The molecule has 0 bridgehead atoms. The maximum Gasteiger partial charge on any atom is 0.152 e. The van der Waals surface area contributed by atoms with E-state index in [1.807, 2.05) is 12.1 Å². The molecule has 1 aromatic rings. The van der Waals surface area contributed by atoms with E-state index in [2.05, 4.69) is 25.7 Å². The van der Waals surface area contributed by atoms with Crippen molar-refractivity contribution < 1.29 is 12.8 Å². The van der Waals surface area contributed by atoms with Crippen molar-refractivity contribution in [3.8, 4) is 0 Å². The van der Waals surface area contributed by atoms with Crippen LogP contribution in [-0.2, 0) is 21.8 Å². The van der Waals surface area contributed by atoms with Crippen molar-refractivity contribution in [1.29, 1.82) is 0 Å². The molecule has 1 aliphatic heterocycles. The van der Waals surface area contributed by atoms with Gasteiger partial charge in [0.15, 0.2) is 9.84 Å². The molecule has 0 unspecified atom stereocenters. The third-order valence-electron chi connectivity index (χ3n) is 3.22. The molecule has 1 fully saturated rings. The smallest absolute Gasteiger partial charge is 0.152 e. The summed E-state index contributed by atoms with van der Waals surface area (Å²) in [4.78, 5) is 2.13. The van der Waals surface area contributed by atoms with Crippen molar-refractivity contribution in [2.24, 2.45) is 0 Å². The van der Waals surface area contributed by atoms with Gasteiger partial charge in [0.05, 0.1) is 18.1 Å². The van der Waals surface area contributed by atoms with Crippen LogP contribution >= 0.6 is 0 Å². The van der Waals surface area contributed by atoms with Crippen LogP contribution in [0, 0.1) is 0 Å². The van der Waals surface area contributed by atoms with Crippen LogP contribution in [0.5, 0.6) is 0 Å². The molecule has 5 heteroatoms. The Morgan fingerprint density at radius 2 is 1.83 bits per heavy atom. The summed E-state index contributed by atoms with van der Waals surface area (Å²) in [7, 11) is -2.80. The normalized spacial score (nSPS) is 21.1. The molecule has 1 aromatic heterocycles. The molecule has 0 spiro atoms. The number of nitrogens with zero attached hydrogens (tertiary/aromatic N) is 1. The van der Waals surface area contributed by atoms with E-state index < -0.39 is 9.84 Å². The first-order valence-electron chi connectivity index (χ1n) is 6.28. The number of sulfone groups is 1. The molecule has 2 heterocycles. The lowest BCUT2D eigenvalue weighted by Gasteiger charge is -2.25. The molecule has 4 nitrogen and oxygen atoms in total. The number of hydrogen-bond donors (Lipinski definition) is 0. The molecule has 0 atom stereocenters. The first-order valence-corrected chi connectivity index (χ1v) is 8.10. The van der Waals surface area contributed by atoms with E-state index in [1.54, 1.807) is 0 Å². The first-order chi connectivity index (χ1) is 8.26. The maximum atomic E-state index is 11.3. The summed E-state index contributed by atoms with van der Waals surface area (Å²) in [5.41, 5.74) is 0.0173. The van der Waals surface area contributed by atoms with Gasteiger partial charge >= 0.3 is 0 Å². The molecule has 0 aliphatic carbocycles. The van der Waals surface area contributed by atoms with Crippen molar-refractivity contribution in [2.45, 2.75) is 32.7 Å². The van der Waals surface area contributed by atoms with Gasteiger partial charge in [-0.3, -0.25) is 4.90 Å². The maximum absolute atomic E-state index is 11.3. The number of hydrogen-bond acceptors (Lipinski definition) is 4. The van der Waals surface area contributed by atoms with Crippen LogP contribution in [-0.4, -0.2) is 37.9 Å².